The summed E-state index contributed by atoms with van der Waals surface area (Å²) >= 11 is 3.45. The second-order valence-electron chi connectivity index (χ2n) is 4.36. The Balaban J connectivity index is 1.96. The zero-order chi connectivity index (χ0) is 13.0. The molecule has 0 aromatic heterocycles. The number of hydrogen-bond donors (Lipinski definition) is 1. The van der Waals surface area contributed by atoms with Crippen LogP contribution in [0.2, 0.25) is 0 Å². The van der Waals surface area contributed by atoms with E-state index in [4.69, 9.17) is 9.84 Å². The van der Waals surface area contributed by atoms with E-state index >= 15 is 0 Å². The fraction of sp³-hybridized carbons (Fsp3) is 0.462. The van der Waals surface area contributed by atoms with E-state index in [0.29, 0.717) is 13.2 Å². The van der Waals surface area contributed by atoms with Gasteiger partial charge in [-0.15, -0.1) is 0 Å². The van der Waals surface area contributed by atoms with Crippen LogP contribution < -0.4 is 0 Å². The van der Waals surface area contributed by atoms with Gasteiger partial charge in [0, 0.05) is 24.1 Å². The number of nitrogens with zero attached hydrogens (tertiary/aromatic N) is 1. The number of ether oxygens (including phenoxy) is 1. The van der Waals surface area contributed by atoms with Crippen molar-refractivity contribution in [3.05, 3.63) is 34.3 Å². The molecule has 0 saturated carbocycles. The highest BCUT2D eigenvalue weighted by molar-refractivity contribution is 9.10. The molecule has 1 aromatic rings. The summed E-state index contributed by atoms with van der Waals surface area (Å²) in [7, 11) is 0. The van der Waals surface area contributed by atoms with Gasteiger partial charge in [0.25, 0.3) is 0 Å². The highest BCUT2D eigenvalue weighted by Gasteiger charge is 2.22. The van der Waals surface area contributed by atoms with E-state index in [9.17, 15) is 4.79 Å². The normalized spacial score (nSPS) is 20.8. The summed E-state index contributed by atoms with van der Waals surface area (Å²) in [4.78, 5) is 12.7. The zero-order valence-electron chi connectivity index (χ0n) is 10.0. The molecule has 0 unspecified atom stereocenters. The minimum atomic E-state index is -0.750. The molecule has 1 aliphatic heterocycles. The molecule has 4 nitrogen and oxygen atoms in total. The van der Waals surface area contributed by atoms with Crippen LogP contribution in [-0.4, -0.2) is 42.2 Å². The molecule has 0 bridgehead atoms. The Hall–Kier alpha value is -0.910. The molecule has 98 valence electrons. The number of rotatable bonds is 4. The Morgan fingerprint density at radius 2 is 2.39 bits per heavy atom. The zero-order valence-corrected chi connectivity index (χ0v) is 11.6. The van der Waals surface area contributed by atoms with E-state index in [2.05, 4.69) is 20.8 Å². The Morgan fingerprint density at radius 3 is 3.11 bits per heavy atom. The third-order valence-corrected chi connectivity index (χ3v) is 3.51. The molecule has 2 rings (SSSR count). The van der Waals surface area contributed by atoms with Gasteiger partial charge in [0.05, 0.1) is 19.1 Å². The Labute approximate surface area is 115 Å². The van der Waals surface area contributed by atoms with E-state index in [1.165, 1.54) is 0 Å². The summed E-state index contributed by atoms with van der Waals surface area (Å²) in [6, 6.07) is 8.05. The number of carboxylic acids is 1. The quantitative estimate of drug-likeness (QED) is 0.926. The average molecular weight is 314 g/mol. The molecule has 1 fully saturated rings. The number of hydrogen-bond acceptors (Lipinski definition) is 3. The lowest BCUT2D eigenvalue weighted by molar-refractivity contribution is -0.137. The highest BCUT2D eigenvalue weighted by Crippen LogP contribution is 2.24. The molecule has 0 radical (unpaired) electrons. The van der Waals surface area contributed by atoms with Gasteiger partial charge in [-0.05, 0) is 17.7 Å². The van der Waals surface area contributed by atoms with Gasteiger partial charge < -0.3 is 9.84 Å². The van der Waals surface area contributed by atoms with Crippen LogP contribution >= 0.6 is 15.9 Å². The van der Waals surface area contributed by atoms with Crippen LogP contribution in [0.1, 0.15) is 18.1 Å². The summed E-state index contributed by atoms with van der Waals surface area (Å²) < 4.78 is 6.78. The van der Waals surface area contributed by atoms with Gasteiger partial charge in [-0.25, -0.2) is 0 Å². The van der Waals surface area contributed by atoms with Gasteiger partial charge in [0.15, 0.2) is 0 Å². The van der Waals surface area contributed by atoms with Gasteiger partial charge in [0.2, 0.25) is 0 Å². The number of aliphatic carboxylic acids is 1. The van der Waals surface area contributed by atoms with Gasteiger partial charge in [-0.3, -0.25) is 9.69 Å². The first-order chi connectivity index (χ1) is 8.65. The number of carboxylic acid groups (broad SMARTS) is 1. The van der Waals surface area contributed by atoms with Gasteiger partial charge in [0.1, 0.15) is 0 Å². The molecule has 1 atom stereocenters. The van der Waals surface area contributed by atoms with Crippen LogP contribution in [0.3, 0.4) is 0 Å². The molecule has 1 aliphatic rings. The van der Waals surface area contributed by atoms with Gasteiger partial charge in [-0.2, -0.15) is 0 Å². The van der Waals surface area contributed by atoms with E-state index in [0.717, 1.165) is 23.1 Å². The maximum Gasteiger partial charge on any atom is 0.304 e. The minimum absolute atomic E-state index is 0.0324. The molecule has 18 heavy (non-hydrogen) atoms. The van der Waals surface area contributed by atoms with E-state index < -0.39 is 5.97 Å². The third kappa shape index (κ3) is 3.80. The monoisotopic (exact) mass is 313 g/mol. The summed E-state index contributed by atoms with van der Waals surface area (Å²) in [6.45, 7) is 2.79. The largest absolute Gasteiger partial charge is 0.481 e. The Morgan fingerprint density at radius 1 is 1.56 bits per heavy atom. The predicted octanol–water partition coefficient (Wildman–Crippen LogP) is 2.30. The van der Waals surface area contributed by atoms with Crippen molar-refractivity contribution in [3.63, 3.8) is 0 Å². The fourth-order valence-electron chi connectivity index (χ4n) is 2.07. The summed E-state index contributed by atoms with van der Waals surface area (Å²) in [5, 5.41) is 8.70. The fourth-order valence-corrected chi connectivity index (χ4v) is 2.48. The lowest BCUT2D eigenvalue weighted by Crippen LogP contribution is -2.39. The molecule has 1 aromatic carbocycles. The maximum absolute atomic E-state index is 10.6. The number of halogens is 1. The van der Waals surface area contributed by atoms with E-state index in [1.807, 2.05) is 24.3 Å². The first-order valence-corrected chi connectivity index (χ1v) is 6.75. The first kappa shape index (κ1) is 13.5. The summed E-state index contributed by atoms with van der Waals surface area (Å²) in [5.41, 5.74) is 1.13. The molecule has 1 N–H and O–H groups in total. The van der Waals surface area contributed by atoms with Crippen molar-refractivity contribution in [1.29, 1.82) is 0 Å². The van der Waals surface area contributed by atoms with Crippen molar-refractivity contribution in [3.8, 4) is 0 Å². The van der Waals surface area contributed by atoms with E-state index in [1.54, 1.807) is 0 Å². The van der Waals surface area contributed by atoms with Crippen LogP contribution in [0.15, 0.2) is 28.7 Å². The van der Waals surface area contributed by atoms with Crippen LogP contribution in [0, 0.1) is 0 Å². The second kappa shape index (κ2) is 6.31. The maximum atomic E-state index is 10.6. The van der Waals surface area contributed by atoms with Crippen molar-refractivity contribution >= 4 is 21.9 Å². The van der Waals surface area contributed by atoms with Crippen molar-refractivity contribution in [1.82, 2.24) is 4.90 Å². The van der Waals surface area contributed by atoms with Crippen molar-refractivity contribution < 1.29 is 14.6 Å². The topological polar surface area (TPSA) is 49.8 Å². The number of benzene rings is 1. The lowest BCUT2D eigenvalue weighted by atomic mass is 10.1. The smallest absolute Gasteiger partial charge is 0.304 e. The Kier molecular flexibility index (Phi) is 4.74. The first-order valence-electron chi connectivity index (χ1n) is 5.96. The lowest BCUT2D eigenvalue weighted by Gasteiger charge is -2.32. The van der Waals surface area contributed by atoms with Crippen LogP contribution in [0.5, 0.6) is 0 Å². The molecule has 5 heteroatoms. The molecule has 1 saturated heterocycles. The van der Waals surface area contributed by atoms with Crippen LogP contribution in [0.4, 0.5) is 0 Å². The second-order valence-corrected chi connectivity index (χ2v) is 5.27. The predicted molar refractivity (Wildman–Crippen MR) is 71.5 cm³/mol. The highest BCUT2D eigenvalue weighted by atomic mass is 79.9. The summed E-state index contributed by atoms with van der Waals surface area (Å²) in [5.74, 6) is -0.750. The molecule has 1 heterocycles. The third-order valence-electron chi connectivity index (χ3n) is 3.01. The number of carbonyl (C=O) groups is 1. The molecule has 0 amide bonds. The minimum Gasteiger partial charge on any atom is -0.481 e. The standard InChI is InChI=1S/C13H16BrNO3/c14-11-3-1-2-10(8-11)12-9-15(6-7-18-12)5-4-13(16)17/h1-3,8,12H,4-7,9H2,(H,16,17)/t12-/m1/s1. The van der Waals surface area contributed by atoms with Crippen molar-refractivity contribution in [2.45, 2.75) is 12.5 Å². The molecule has 0 aliphatic carbocycles. The number of morpholine rings is 1. The van der Waals surface area contributed by atoms with Gasteiger partial charge in [-0.1, -0.05) is 28.1 Å². The molecule has 0 spiro atoms. The van der Waals surface area contributed by atoms with Crippen LogP contribution in [0.25, 0.3) is 0 Å². The van der Waals surface area contributed by atoms with Crippen LogP contribution in [-0.2, 0) is 9.53 Å². The van der Waals surface area contributed by atoms with Gasteiger partial charge >= 0.3 is 5.97 Å². The average Bonchev–Trinajstić information content (AvgIpc) is 2.37. The van der Waals surface area contributed by atoms with E-state index in [-0.39, 0.29) is 12.5 Å². The Bertz CT molecular complexity index is 424. The molecular formula is C13H16BrNO3. The SMILES string of the molecule is O=C(O)CCN1CCO[C@@H](c2cccc(Br)c2)C1. The molecular weight excluding hydrogens is 298 g/mol. The summed E-state index contributed by atoms with van der Waals surface area (Å²) in [6.07, 6.45) is 0.218. The van der Waals surface area contributed by atoms with Crippen molar-refractivity contribution in [2.24, 2.45) is 0 Å². The van der Waals surface area contributed by atoms with Crippen molar-refractivity contribution in [2.75, 3.05) is 26.2 Å².